The van der Waals surface area contributed by atoms with Gasteiger partial charge in [0, 0.05) is 29.6 Å². The minimum Gasteiger partial charge on any atom is -0.414 e. The van der Waals surface area contributed by atoms with Crippen molar-refractivity contribution in [2.24, 2.45) is 0 Å². The number of carbonyl (C=O) groups is 2. The second kappa shape index (κ2) is 15.3. The number of carbonyl (C=O) groups excluding carboxylic acids is 2. The van der Waals surface area contributed by atoms with Crippen molar-refractivity contribution in [1.29, 1.82) is 0 Å². The van der Waals surface area contributed by atoms with Gasteiger partial charge >= 0.3 is 8.25 Å². The summed E-state index contributed by atoms with van der Waals surface area (Å²) in [6.07, 6.45) is 3.80. The Morgan fingerprint density at radius 3 is 1.28 bits per heavy atom. The second-order valence-electron chi connectivity index (χ2n) is 13.0. The van der Waals surface area contributed by atoms with E-state index in [0.717, 1.165) is 12.8 Å². The Balaban J connectivity index is 4.06. The summed E-state index contributed by atoms with van der Waals surface area (Å²) in [5.74, 6) is -0.271. The zero-order valence-corrected chi connectivity index (χ0v) is 28.0. The first-order chi connectivity index (χ1) is 16.2. The molecule has 0 aliphatic heterocycles. The van der Waals surface area contributed by atoms with Crippen LogP contribution in [-0.2, 0) is 32.1 Å². The van der Waals surface area contributed by atoms with Gasteiger partial charge in [0.05, 0.1) is 0 Å². The summed E-state index contributed by atoms with van der Waals surface area (Å²) in [6, 6.07) is 0. The molecule has 7 nitrogen and oxygen atoms in total. The van der Waals surface area contributed by atoms with Crippen molar-refractivity contribution in [3.8, 4) is 0 Å². The molecule has 10 heteroatoms. The van der Waals surface area contributed by atoms with Crippen molar-refractivity contribution in [3.05, 3.63) is 0 Å². The van der Waals surface area contributed by atoms with E-state index in [0.29, 0.717) is 25.7 Å². The van der Waals surface area contributed by atoms with Crippen molar-refractivity contribution >= 4 is 36.5 Å². The fourth-order valence-electron chi connectivity index (χ4n) is 3.08. The van der Waals surface area contributed by atoms with Crippen LogP contribution in [0, 0.1) is 0 Å². The lowest BCUT2D eigenvalue weighted by Crippen LogP contribution is -2.43. The van der Waals surface area contributed by atoms with E-state index in [2.05, 4.69) is 67.7 Å². The summed E-state index contributed by atoms with van der Waals surface area (Å²) < 4.78 is 34.5. The van der Waals surface area contributed by atoms with Gasteiger partial charge in [0.2, 0.25) is 0 Å². The van der Waals surface area contributed by atoms with Crippen molar-refractivity contribution in [2.45, 2.75) is 142 Å². The van der Waals surface area contributed by atoms with Crippen LogP contribution in [0.3, 0.4) is 0 Å². The SMILES string of the molecule is C[C@@H](CCCC(=O)CO[P+](=O)OCC(=O)CCC[C@H](C)O[Si](C)(C)C(C)(C)C)O[Si](C)(C)C(C)(C)C. The molecule has 2 atom stereocenters. The number of Topliss-reactive ketones (excluding diaryl/α,β-unsaturated/α-hetero) is 2. The lowest BCUT2D eigenvalue weighted by molar-refractivity contribution is -0.121. The normalized spacial score (nSPS) is 15.0. The molecule has 0 N–H and O–H groups in total. The Morgan fingerprint density at radius 1 is 0.694 bits per heavy atom. The van der Waals surface area contributed by atoms with E-state index >= 15 is 0 Å². The van der Waals surface area contributed by atoms with Crippen molar-refractivity contribution in [2.75, 3.05) is 13.2 Å². The minimum absolute atomic E-state index is 0.0900. The summed E-state index contributed by atoms with van der Waals surface area (Å²) in [6.45, 7) is 25.6. The molecule has 0 aromatic rings. The molecule has 0 unspecified atom stereocenters. The first-order valence-corrected chi connectivity index (χ1v) is 20.2. The van der Waals surface area contributed by atoms with Crippen LogP contribution in [0.25, 0.3) is 0 Å². The average molecular weight is 566 g/mol. The Bertz CT molecular complexity index is 654. The zero-order valence-electron chi connectivity index (χ0n) is 25.1. The number of ketones is 2. The second-order valence-corrected chi connectivity index (χ2v) is 23.5. The van der Waals surface area contributed by atoms with Crippen LogP contribution in [0.4, 0.5) is 0 Å². The van der Waals surface area contributed by atoms with Gasteiger partial charge in [-0.3, -0.25) is 9.59 Å². The molecule has 0 bridgehead atoms. The summed E-state index contributed by atoms with van der Waals surface area (Å²) >= 11 is 0. The third-order valence-corrected chi connectivity index (χ3v) is 17.3. The van der Waals surface area contributed by atoms with Gasteiger partial charge in [0.1, 0.15) is 0 Å². The smallest absolute Gasteiger partial charge is 0.414 e. The van der Waals surface area contributed by atoms with Gasteiger partial charge < -0.3 is 8.85 Å². The topological polar surface area (TPSA) is 88.1 Å². The largest absolute Gasteiger partial charge is 0.698 e. The van der Waals surface area contributed by atoms with Crippen molar-refractivity contribution < 1.29 is 32.1 Å². The standard InChI is InChI=1S/C26H54O7PSi2/c1-21(32-35(9,10)25(3,4)5)15-13-17-23(27)19-30-34(29)31-20-24(28)18-14-16-22(2)33-36(11,12)26(6,7)8/h21-22H,13-20H2,1-12H3/q+1/t21-,22-/m0/s1. The Kier molecular flexibility index (Phi) is 15.2. The Morgan fingerprint density at radius 2 is 1.00 bits per heavy atom. The highest BCUT2D eigenvalue weighted by Crippen LogP contribution is 2.38. The zero-order chi connectivity index (χ0) is 28.4. The molecular formula is C26H54O7PSi2+. The van der Waals surface area contributed by atoms with Gasteiger partial charge in [0.25, 0.3) is 0 Å². The molecule has 212 valence electrons. The highest BCUT2D eigenvalue weighted by atomic mass is 31.1. The van der Waals surface area contributed by atoms with Crippen LogP contribution in [0.2, 0.25) is 36.3 Å². The average Bonchev–Trinajstić information content (AvgIpc) is 2.68. The molecule has 0 aliphatic carbocycles. The Hall–Kier alpha value is -0.286. The van der Waals surface area contributed by atoms with Gasteiger partial charge in [-0.05, 0) is 75.8 Å². The maximum absolute atomic E-state index is 12.1. The molecule has 0 aliphatic rings. The summed E-state index contributed by atoms with van der Waals surface area (Å²) in [5.41, 5.74) is 0. The third kappa shape index (κ3) is 14.6. The van der Waals surface area contributed by atoms with Gasteiger partial charge in [-0.25, -0.2) is 0 Å². The minimum atomic E-state index is -2.49. The fourth-order valence-corrected chi connectivity index (χ4v) is 6.61. The number of rotatable bonds is 18. The summed E-state index contributed by atoms with van der Waals surface area (Å²) in [4.78, 5) is 24.1. The van der Waals surface area contributed by atoms with E-state index in [4.69, 9.17) is 17.9 Å². The lowest BCUT2D eigenvalue weighted by Gasteiger charge is -2.38. The van der Waals surface area contributed by atoms with Gasteiger partial charge in [0.15, 0.2) is 41.4 Å². The highest BCUT2D eigenvalue weighted by Gasteiger charge is 2.39. The predicted octanol–water partition coefficient (Wildman–Crippen LogP) is 7.98. The fraction of sp³-hybridized carbons (Fsp3) is 0.923. The maximum atomic E-state index is 12.1. The molecule has 0 heterocycles. The van der Waals surface area contributed by atoms with Crippen LogP contribution >= 0.6 is 8.25 Å². The number of hydrogen-bond donors (Lipinski definition) is 0. The van der Waals surface area contributed by atoms with Crippen molar-refractivity contribution in [1.82, 2.24) is 0 Å². The van der Waals surface area contributed by atoms with E-state index in [1.807, 2.05) is 13.8 Å². The molecule has 0 saturated heterocycles. The molecule has 0 aromatic carbocycles. The maximum Gasteiger partial charge on any atom is 0.698 e. The van der Waals surface area contributed by atoms with E-state index in [9.17, 15) is 14.2 Å². The van der Waals surface area contributed by atoms with Crippen LogP contribution in [0.5, 0.6) is 0 Å². The first-order valence-electron chi connectivity index (χ1n) is 13.3. The molecule has 0 amide bonds. The van der Waals surface area contributed by atoms with E-state index in [1.165, 1.54) is 0 Å². The van der Waals surface area contributed by atoms with Gasteiger partial charge in [-0.15, -0.1) is 9.05 Å². The molecule has 0 fully saturated rings. The first kappa shape index (κ1) is 35.7. The lowest BCUT2D eigenvalue weighted by atomic mass is 10.1. The van der Waals surface area contributed by atoms with Crippen molar-refractivity contribution in [3.63, 3.8) is 0 Å². The summed E-state index contributed by atoms with van der Waals surface area (Å²) in [7, 11) is -6.14. The van der Waals surface area contributed by atoms with Crippen LogP contribution in [0.1, 0.15) is 93.9 Å². The third-order valence-electron chi connectivity index (χ3n) is 7.40. The van der Waals surface area contributed by atoms with E-state index < -0.39 is 24.9 Å². The predicted molar refractivity (Wildman–Crippen MR) is 153 cm³/mol. The van der Waals surface area contributed by atoms with Gasteiger partial charge in [-0.1, -0.05) is 41.5 Å². The van der Waals surface area contributed by atoms with E-state index in [1.54, 1.807) is 0 Å². The van der Waals surface area contributed by atoms with Crippen LogP contribution in [0.15, 0.2) is 0 Å². The molecule has 0 saturated carbocycles. The number of hydrogen-bond acceptors (Lipinski definition) is 7. The Labute approximate surface area is 224 Å². The van der Waals surface area contributed by atoms with E-state index in [-0.39, 0.29) is 47.1 Å². The molecule has 0 radical (unpaired) electrons. The molecule has 0 rings (SSSR count). The molecular weight excluding hydrogens is 511 g/mol. The molecule has 36 heavy (non-hydrogen) atoms. The summed E-state index contributed by atoms with van der Waals surface area (Å²) in [5, 5.41) is 0.296. The highest BCUT2D eigenvalue weighted by molar-refractivity contribution is 7.33. The quantitative estimate of drug-likeness (QED) is 0.123. The van der Waals surface area contributed by atoms with Gasteiger partial charge in [-0.2, -0.15) is 0 Å². The van der Waals surface area contributed by atoms with Crippen LogP contribution in [-0.4, -0.2) is 53.6 Å². The monoisotopic (exact) mass is 565 g/mol. The molecule has 0 aromatic heterocycles. The molecule has 0 spiro atoms. The van der Waals surface area contributed by atoms with Crippen LogP contribution < -0.4 is 0 Å².